The summed E-state index contributed by atoms with van der Waals surface area (Å²) in [6.07, 6.45) is 1.05. The van der Waals surface area contributed by atoms with Gasteiger partial charge in [0, 0.05) is 42.8 Å². The maximum atomic E-state index is 5.83. The molecule has 1 atom stereocenters. The molecule has 2 heterocycles. The zero-order chi connectivity index (χ0) is 14.5. The summed E-state index contributed by atoms with van der Waals surface area (Å²) in [5.41, 5.74) is 7.16. The molecule has 0 bridgehead atoms. The van der Waals surface area contributed by atoms with Crippen molar-refractivity contribution in [2.45, 2.75) is 12.5 Å². The van der Waals surface area contributed by atoms with Gasteiger partial charge in [0.1, 0.15) is 0 Å². The van der Waals surface area contributed by atoms with Gasteiger partial charge in [-0.15, -0.1) is 11.3 Å². The minimum Gasteiger partial charge on any atom is -0.369 e. The molecule has 3 nitrogen and oxygen atoms in total. The molecule has 4 heteroatoms. The third-order valence-corrected chi connectivity index (χ3v) is 5.16. The van der Waals surface area contributed by atoms with Crippen LogP contribution in [-0.2, 0) is 0 Å². The molecule has 1 aliphatic rings. The normalized spacial score (nSPS) is 17.9. The topological polar surface area (TPSA) is 32.5 Å². The van der Waals surface area contributed by atoms with Gasteiger partial charge < -0.3 is 10.6 Å². The quantitative estimate of drug-likeness (QED) is 0.921. The van der Waals surface area contributed by atoms with Gasteiger partial charge in [-0.2, -0.15) is 0 Å². The number of piperazine rings is 1. The molecule has 112 valence electrons. The van der Waals surface area contributed by atoms with E-state index in [1.807, 2.05) is 11.3 Å². The number of nitrogens with two attached hydrogens (primary N) is 1. The van der Waals surface area contributed by atoms with Crippen molar-refractivity contribution in [3.05, 3.63) is 52.7 Å². The lowest BCUT2D eigenvalue weighted by Crippen LogP contribution is -2.47. The molecule has 21 heavy (non-hydrogen) atoms. The first-order chi connectivity index (χ1) is 10.4. The largest absolute Gasteiger partial charge is 0.369 e. The van der Waals surface area contributed by atoms with Crippen LogP contribution in [0.3, 0.4) is 0 Å². The average molecular weight is 301 g/mol. The molecule has 3 rings (SSSR count). The molecule has 1 aromatic heterocycles. The molecule has 1 aliphatic heterocycles. The molecule has 2 aromatic rings. The third kappa shape index (κ3) is 3.46. The van der Waals surface area contributed by atoms with E-state index in [-0.39, 0.29) is 0 Å². The Morgan fingerprint density at radius 1 is 1.00 bits per heavy atom. The van der Waals surface area contributed by atoms with E-state index in [9.17, 15) is 0 Å². The second-order valence-electron chi connectivity index (χ2n) is 5.47. The summed E-state index contributed by atoms with van der Waals surface area (Å²) in [5.74, 6) is 0. The van der Waals surface area contributed by atoms with Crippen LogP contribution in [0.15, 0.2) is 47.8 Å². The second-order valence-corrected chi connectivity index (χ2v) is 6.45. The number of benzene rings is 1. The van der Waals surface area contributed by atoms with Gasteiger partial charge in [-0.05, 0) is 36.5 Å². The molecular weight excluding hydrogens is 278 g/mol. The Kier molecular flexibility index (Phi) is 4.91. The Balaban J connectivity index is 1.64. The first-order valence-corrected chi connectivity index (χ1v) is 8.54. The van der Waals surface area contributed by atoms with Crippen LogP contribution >= 0.6 is 11.3 Å². The maximum absolute atomic E-state index is 5.83. The Bertz CT molecular complexity index is 518. The average Bonchev–Trinajstić information content (AvgIpc) is 3.08. The molecule has 1 saturated heterocycles. The summed E-state index contributed by atoms with van der Waals surface area (Å²) in [5, 5.41) is 2.17. The Labute approximate surface area is 131 Å². The lowest BCUT2D eigenvalue weighted by molar-refractivity contribution is 0.181. The highest BCUT2D eigenvalue weighted by atomic mass is 32.1. The number of para-hydroxylation sites is 1. The van der Waals surface area contributed by atoms with Crippen molar-refractivity contribution in [1.82, 2.24) is 4.90 Å². The monoisotopic (exact) mass is 301 g/mol. The predicted octanol–water partition coefficient (Wildman–Crippen LogP) is 2.96. The van der Waals surface area contributed by atoms with E-state index in [2.05, 4.69) is 57.6 Å². The highest BCUT2D eigenvalue weighted by Crippen LogP contribution is 2.29. The van der Waals surface area contributed by atoms with E-state index in [0.717, 1.165) is 39.1 Å². The summed E-state index contributed by atoms with van der Waals surface area (Å²) >= 11 is 1.85. The fraction of sp³-hybridized carbons (Fsp3) is 0.412. The van der Waals surface area contributed by atoms with Gasteiger partial charge in [-0.3, -0.25) is 4.90 Å². The van der Waals surface area contributed by atoms with Crippen molar-refractivity contribution in [2.75, 3.05) is 37.6 Å². The summed E-state index contributed by atoms with van der Waals surface area (Å²) in [6.45, 7) is 5.16. The molecule has 0 saturated carbocycles. The van der Waals surface area contributed by atoms with Gasteiger partial charge in [0.05, 0.1) is 0 Å². The summed E-state index contributed by atoms with van der Waals surface area (Å²) in [4.78, 5) is 6.52. The number of anilines is 1. The van der Waals surface area contributed by atoms with Crippen LogP contribution in [0, 0.1) is 0 Å². The van der Waals surface area contributed by atoms with E-state index >= 15 is 0 Å². The van der Waals surface area contributed by atoms with Gasteiger partial charge in [0.2, 0.25) is 0 Å². The highest BCUT2D eigenvalue weighted by Gasteiger charge is 2.25. The molecule has 0 amide bonds. The zero-order valence-electron chi connectivity index (χ0n) is 12.3. The van der Waals surface area contributed by atoms with Crippen LogP contribution in [0.5, 0.6) is 0 Å². The number of hydrogen-bond donors (Lipinski definition) is 1. The van der Waals surface area contributed by atoms with Crippen LogP contribution < -0.4 is 10.6 Å². The number of nitrogens with zero attached hydrogens (tertiary/aromatic N) is 2. The molecule has 1 aromatic carbocycles. The number of rotatable bonds is 5. The van der Waals surface area contributed by atoms with Gasteiger partial charge in [0.25, 0.3) is 0 Å². The molecule has 1 unspecified atom stereocenters. The standard InChI is InChI=1S/C17H23N3S/c18-9-8-16(17-7-4-14-21-17)20-12-10-19(11-13-20)15-5-2-1-3-6-15/h1-7,14,16H,8-13,18H2. The fourth-order valence-electron chi connectivity index (χ4n) is 3.07. The molecular formula is C17H23N3S. The van der Waals surface area contributed by atoms with Crippen LogP contribution in [-0.4, -0.2) is 37.6 Å². The first-order valence-electron chi connectivity index (χ1n) is 7.66. The molecule has 0 aliphatic carbocycles. The van der Waals surface area contributed by atoms with E-state index in [1.54, 1.807) is 0 Å². The van der Waals surface area contributed by atoms with Gasteiger partial charge in [-0.1, -0.05) is 24.3 Å². The van der Waals surface area contributed by atoms with Crippen molar-refractivity contribution in [2.24, 2.45) is 5.73 Å². The highest BCUT2D eigenvalue weighted by molar-refractivity contribution is 7.10. The second kappa shape index (κ2) is 7.07. The van der Waals surface area contributed by atoms with Gasteiger partial charge >= 0.3 is 0 Å². The van der Waals surface area contributed by atoms with Gasteiger partial charge in [0.15, 0.2) is 0 Å². The van der Waals surface area contributed by atoms with Crippen LogP contribution in [0.1, 0.15) is 17.3 Å². The molecule has 2 N–H and O–H groups in total. The van der Waals surface area contributed by atoms with Crippen molar-refractivity contribution in [3.63, 3.8) is 0 Å². The molecule has 0 spiro atoms. The van der Waals surface area contributed by atoms with E-state index in [4.69, 9.17) is 5.73 Å². The number of hydrogen-bond acceptors (Lipinski definition) is 4. The zero-order valence-corrected chi connectivity index (χ0v) is 13.1. The summed E-state index contributed by atoms with van der Waals surface area (Å²) in [6, 6.07) is 15.6. The third-order valence-electron chi connectivity index (χ3n) is 4.19. The van der Waals surface area contributed by atoms with Crippen molar-refractivity contribution >= 4 is 17.0 Å². The Hall–Kier alpha value is -1.36. The summed E-state index contributed by atoms with van der Waals surface area (Å²) in [7, 11) is 0. The minimum atomic E-state index is 0.493. The van der Waals surface area contributed by atoms with Crippen LogP contribution in [0.4, 0.5) is 5.69 Å². The Morgan fingerprint density at radius 2 is 1.76 bits per heavy atom. The first kappa shape index (κ1) is 14.6. The van der Waals surface area contributed by atoms with E-state index in [0.29, 0.717) is 6.04 Å². The lowest BCUT2D eigenvalue weighted by Gasteiger charge is -2.40. The van der Waals surface area contributed by atoms with Crippen molar-refractivity contribution < 1.29 is 0 Å². The Morgan fingerprint density at radius 3 is 2.38 bits per heavy atom. The van der Waals surface area contributed by atoms with Crippen LogP contribution in [0.2, 0.25) is 0 Å². The number of thiophene rings is 1. The predicted molar refractivity (Wildman–Crippen MR) is 91.0 cm³/mol. The molecule has 0 radical (unpaired) electrons. The van der Waals surface area contributed by atoms with Crippen LogP contribution in [0.25, 0.3) is 0 Å². The van der Waals surface area contributed by atoms with E-state index < -0.39 is 0 Å². The lowest BCUT2D eigenvalue weighted by atomic mass is 10.1. The van der Waals surface area contributed by atoms with Crippen molar-refractivity contribution in [3.8, 4) is 0 Å². The van der Waals surface area contributed by atoms with Gasteiger partial charge in [-0.25, -0.2) is 0 Å². The summed E-state index contributed by atoms with van der Waals surface area (Å²) < 4.78 is 0. The maximum Gasteiger partial charge on any atom is 0.0455 e. The molecule has 1 fully saturated rings. The van der Waals surface area contributed by atoms with E-state index in [1.165, 1.54) is 10.6 Å². The fourth-order valence-corrected chi connectivity index (χ4v) is 3.97. The minimum absolute atomic E-state index is 0.493. The SMILES string of the molecule is NCCC(c1cccs1)N1CCN(c2ccccc2)CC1. The smallest absolute Gasteiger partial charge is 0.0455 e. The van der Waals surface area contributed by atoms with Crippen molar-refractivity contribution in [1.29, 1.82) is 0 Å².